The van der Waals surface area contributed by atoms with E-state index in [0.717, 1.165) is 25.9 Å². The lowest BCUT2D eigenvalue weighted by molar-refractivity contribution is -0.142. The number of likely N-dealkylation sites (tertiary alicyclic amines) is 1. The third-order valence-corrected chi connectivity index (χ3v) is 4.80. The van der Waals surface area contributed by atoms with E-state index in [1.54, 1.807) is 0 Å². The van der Waals surface area contributed by atoms with Crippen LogP contribution in [0.25, 0.3) is 0 Å². The SMILES string of the molecule is CC(C)(C)C1CN(C(=O)NC2CCC(C(=O)O)CC2)C1. The van der Waals surface area contributed by atoms with Gasteiger partial charge in [0.25, 0.3) is 0 Å². The molecule has 0 aromatic carbocycles. The maximum absolute atomic E-state index is 12.1. The lowest BCUT2D eigenvalue weighted by atomic mass is 9.76. The van der Waals surface area contributed by atoms with Crippen molar-refractivity contribution in [3.05, 3.63) is 0 Å². The Balaban J connectivity index is 1.71. The summed E-state index contributed by atoms with van der Waals surface area (Å²) in [6.45, 7) is 8.29. The van der Waals surface area contributed by atoms with Crippen LogP contribution in [0.5, 0.6) is 0 Å². The van der Waals surface area contributed by atoms with Crippen molar-refractivity contribution in [3.63, 3.8) is 0 Å². The lowest BCUT2D eigenvalue weighted by Crippen LogP contribution is -2.58. The Morgan fingerprint density at radius 3 is 2.10 bits per heavy atom. The first-order valence-electron chi connectivity index (χ1n) is 7.55. The number of carbonyl (C=O) groups excluding carboxylic acids is 1. The van der Waals surface area contributed by atoms with E-state index in [9.17, 15) is 9.59 Å². The topological polar surface area (TPSA) is 69.6 Å². The van der Waals surface area contributed by atoms with Gasteiger partial charge in [0.1, 0.15) is 0 Å². The van der Waals surface area contributed by atoms with Crippen LogP contribution in [0.2, 0.25) is 0 Å². The first kappa shape index (κ1) is 15.1. The fraction of sp³-hybridized carbons (Fsp3) is 0.867. The molecule has 0 radical (unpaired) electrons. The van der Waals surface area contributed by atoms with E-state index in [1.807, 2.05) is 4.90 Å². The first-order valence-corrected chi connectivity index (χ1v) is 7.55. The first-order chi connectivity index (χ1) is 9.27. The van der Waals surface area contributed by atoms with Gasteiger partial charge in [0.05, 0.1) is 5.92 Å². The third kappa shape index (κ3) is 3.44. The van der Waals surface area contributed by atoms with Crippen LogP contribution in [0.4, 0.5) is 4.79 Å². The van der Waals surface area contributed by atoms with Crippen LogP contribution in [0, 0.1) is 17.3 Å². The maximum Gasteiger partial charge on any atom is 0.317 e. The summed E-state index contributed by atoms with van der Waals surface area (Å²) in [5.41, 5.74) is 0.260. The maximum atomic E-state index is 12.1. The molecule has 2 aliphatic rings. The molecule has 114 valence electrons. The summed E-state index contributed by atoms with van der Waals surface area (Å²) in [6.07, 6.45) is 2.90. The molecule has 1 heterocycles. The van der Waals surface area contributed by atoms with E-state index < -0.39 is 5.97 Å². The number of aliphatic carboxylic acids is 1. The van der Waals surface area contributed by atoms with Crippen LogP contribution in [-0.4, -0.2) is 41.1 Å². The van der Waals surface area contributed by atoms with Crippen LogP contribution in [0.15, 0.2) is 0 Å². The van der Waals surface area contributed by atoms with Crippen molar-refractivity contribution in [2.75, 3.05) is 13.1 Å². The number of hydrogen-bond acceptors (Lipinski definition) is 2. The van der Waals surface area contributed by atoms with Gasteiger partial charge in [0, 0.05) is 19.1 Å². The molecule has 2 fully saturated rings. The smallest absolute Gasteiger partial charge is 0.317 e. The number of urea groups is 1. The molecule has 0 aromatic rings. The molecule has 1 aliphatic carbocycles. The molecule has 0 atom stereocenters. The molecule has 0 aromatic heterocycles. The molecule has 0 unspecified atom stereocenters. The van der Waals surface area contributed by atoms with Crippen LogP contribution >= 0.6 is 0 Å². The van der Waals surface area contributed by atoms with Gasteiger partial charge in [-0.05, 0) is 37.0 Å². The Kier molecular flexibility index (Phi) is 4.25. The van der Waals surface area contributed by atoms with Gasteiger partial charge in [-0.15, -0.1) is 0 Å². The quantitative estimate of drug-likeness (QED) is 0.816. The number of carboxylic acid groups (broad SMARTS) is 1. The summed E-state index contributed by atoms with van der Waals surface area (Å²) in [7, 11) is 0. The largest absolute Gasteiger partial charge is 0.481 e. The van der Waals surface area contributed by atoms with Gasteiger partial charge in [-0.25, -0.2) is 4.79 Å². The van der Waals surface area contributed by atoms with Crippen LogP contribution < -0.4 is 5.32 Å². The summed E-state index contributed by atoms with van der Waals surface area (Å²) < 4.78 is 0. The van der Waals surface area contributed by atoms with Gasteiger partial charge in [-0.3, -0.25) is 4.79 Å². The van der Waals surface area contributed by atoms with E-state index in [0.29, 0.717) is 18.8 Å². The van der Waals surface area contributed by atoms with E-state index in [-0.39, 0.29) is 23.4 Å². The summed E-state index contributed by atoms with van der Waals surface area (Å²) in [6, 6.07) is 0.163. The zero-order valence-electron chi connectivity index (χ0n) is 12.7. The molecule has 1 saturated carbocycles. The molecule has 1 aliphatic heterocycles. The van der Waals surface area contributed by atoms with E-state index in [2.05, 4.69) is 26.1 Å². The predicted molar refractivity (Wildman–Crippen MR) is 76.4 cm³/mol. The van der Waals surface area contributed by atoms with Crippen LogP contribution in [-0.2, 0) is 4.79 Å². The Labute approximate surface area is 120 Å². The van der Waals surface area contributed by atoms with E-state index in [1.165, 1.54) is 0 Å². The number of amides is 2. The van der Waals surface area contributed by atoms with Crippen molar-refractivity contribution in [3.8, 4) is 0 Å². The Hall–Kier alpha value is -1.26. The number of nitrogens with one attached hydrogen (secondary N) is 1. The number of carbonyl (C=O) groups is 2. The number of hydrogen-bond donors (Lipinski definition) is 2. The average Bonchev–Trinajstić information content (AvgIpc) is 2.25. The minimum absolute atomic E-state index is 0.0178. The van der Waals surface area contributed by atoms with Gasteiger partial charge in [0.15, 0.2) is 0 Å². The highest BCUT2D eigenvalue weighted by molar-refractivity contribution is 5.75. The Morgan fingerprint density at radius 1 is 1.10 bits per heavy atom. The van der Waals surface area contributed by atoms with Gasteiger partial charge >= 0.3 is 12.0 Å². The second-order valence-corrected chi connectivity index (χ2v) is 7.30. The summed E-state index contributed by atoms with van der Waals surface area (Å²) in [4.78, 5) is 24.8. The van der Waals surface area contributed by atoms with E-state index >= 15 is 0 Å². The fourth-order valence-corrected chi connectivity index (χ4v) is 2.94. The predicted octanol–water partition coefficient (Wildman–Crippen LogP) is 2.32. The average molecular weight is 282 g/mol. The molecule has 1 saturated heterocycles. The van der Waals surface area contributed by atoms with Crippen molar-refractivity contribution >= 4 is 12.0 Å². The highest BCUT2D eigenvalue weighted by atomic mass is 16.4. The van der Waals surface area contributed by atoms with Crippen molar-refractivity contribution < 1.29 is 14.7 Å². The van der Waals surface area contributed by atoms with Crippen molar-refractivity contribution in [1.29, 1.82) is 0 Å². The second kappa shape index (κ2) is 5.62. The van der Waals surface area contributed by atoms with Gasteiger partial charge in [-0.1, -0.05) is 20.8 Å². The molecule has 2 amide bonds. The van der Waals surface area contributed by atoms with Crippen molar-refractivity contribution in [2.45, 2.75) is 52.5 Å². The molecule has 2 N–H and O–H groups in total. The number of rotatable bonds is 2. The fourth-order valence-electron chi connectivity index (χ4n) is 2.94. The Bertz CT molecular complexity index is 375. The Morgan fingerprint density at radius 2 is 1.65 bits per heavy atom. The van der Waals surface area contributed by atoms with E-state index in [4.69, 9.17) is 5.11 Å². The summed E-state index contributed by atoms with van der Waals surface area (Å²) in [5.74, 6) is -0.348. The minimum Gasteiger partial charge on any atom is -0.481 e. The molecule has 2 rings (SSSR count). The number of nitrogens with zero attached hydrogens (tertiary/aromatic N) is 1. The zero-order chi connectivity index (χ0) is 14.9. The molecule has 5 heteroatoms. The molecule has 20 heavy (non-hydrogen) atoms. The molecule has 5 nitrogen and oxygen atoms in total. The second-order valence-electron chi connectivity index (χ2n) is 7.30. The number of carboxylic acids is 1. The highest BCUT2D eigenvalue weighted by Gasteiger charge is 2.38. The van der Waals surface area contributed by atoms with Crippen molar-refractivity contribution in [2.24, 2.45) is 17.3 Å². The molecule has 0 bridgehead atoms. The minimum atomic E-state index is -0.703. The van der Waals surface area contributed by atoms with Gasteiger partial charge < -0.3 is 15.3 Å². The standard InChI is InChI=1S/C15H26N2O3/c1-15(2,3)11-8-17(9-11)14(20)16-12-6-4-10(5-7-12)13(18)19/h10-12H,4-9H2,1-3H3,(H,16,20)(H,18,19). The van der Waals surface area contributed by atoms with Crippen LogP contribution in [0.1, 0.15) is 46.5 Å². The zero-order valence-corrected chi connectivity index (χ0v) is 12.7. The molecule has 0 spiro atoms. The molecular formula is C15H26N2O3. The summed E-state index contributed by atoms with van der Waals surface area (Å²) >= 11 is 0. The monoisotopic (exact) mass is 282 g/mol. The normalized spacial score (nSPS) is 27.9. The highest BCUT2D eigenvalue weighted by Crippen LogP contribution is 2.33. The summed E-state index contributed by atoms with van der Waals surface area (Å²) in [5, 5.41) is 12.0. The van der Waals surface area contributed by atoms with Crippen molar-refractivity contribution in [1.82, 2.24) is 10.2 Å². The van der Waals surface area contributed by atoms with Gasteiger partial charge in [-0.2, -0.15) is 0 Å². The third-order valence-electron chi connectivity index (χ3n) is 4.80. The molecular weight excluding hydrogens is 256 g/mol. The lowest BCUT2D eigenvalue weighted by Gasteiger charge is -2.46. The van der Waals surface area contributed by atoms with Gasteiger partial charge in [0.2, 0.25) is 0 Å². The van der Waals surface area contributed by atoms with Crippen LogP contribution in [0.3, 0.4) is 0 Å².